The molecule has 6 heteroatoms. The Morgan fingerprint density at radius 2 is 2.14 bits per heavy atom. The fraction of sp³-hybridized carbons (Fsp3) is 0.250. The van der Waals surface area contributed by atoms with E-state index in [1.54, 1.807) is 0 Å². The Kier molecular flexibility index (Phi) is 3.19. The molecular weight excluding hydrogens is 206 g/mol. The molecule has 0 aliphatic rings. The van der Waals surface area contributed by atoms with Crippen molar-refractivity contribution in [1.29, 1.82) is 0 Å². The number of hydrogen-bond acceptors (Lipinski definition) is 4. The summed E-state index contributed by atoms with van der Waals surface area (Å²) in [7, 11) is 0.0533. The number of hydrogen-bond donors (Lipinski definition) is 0. The largest absolute Gasteiger partial charge is 0.497 e. The lowest BCUT2D eigenvalue weighted by molar-refractivity contribution is -0.387. The normalized spacial score (nSPS) is 12.1. The van der Waals surface area contributed by atoms with Crippen LogP contribution in [-0.4, -0.2) is 22.5 Å². The zero-order valence-electron chi connectivity index (χ0n) is 7.72. The van der Waals surface area contributed by atoms with Crippen LogP contribution in [0.5, 0.6) is 5.75 Å². The van der Waals surface area contributed by atoms with Crippen molar-refractivity contribution in [3.05, 3.63) is 28.3 Å². The highest BCUT2D eigenvalue weighted by Crippen LogP contribution is 2.26. The van der Waals surface area contributed by atoms with Crippen molar-refractivity contribution in [3.8, 4) is 5.75 Å². The van der Waals surface area contributed by atoms with Gasteiger partial charge in [-0.2, -0.15) is 0 Å². The summed E-state index contributed by atoms with van der Waals surface area (Å²) < 4.78 is 16.1. The summed E-state index contributed by atoms with van der Waals surface area (Å²) in [6, 6.07) is 4.16. The number of benzene rings is 1. The van der Waals surface area contributed by atoms with Crippen molar-refractivity contribution in [3.63, 3.8) is 0 Å². The lowest BCUT2D eigenvalue weighted by atomic mass is 10.3. The quantitative estimate of drug-likeness (QED) is 0.563. The Balaban J connectivity index is 3.31. The topological polar surface area (TPSA) is 69.4 Å². The van der Waals surface area contributed by atoms with Gasteiger partial charge in [0.1, 0.15) is 10.6 Å². The first-order chi connectivity index (χ1) is 6.56. The molecule has 0 spiro atoms. The predicted octanol–water partition coefficient (Wildman–Crippen LogP) is 1.34. The van der Waals surface area contributed by atoms with Crippen LogP contribution >= 0.6 is 0 Å². The molecule has 1 aromatic rings. The maximum Gasteiger partial charge on any atom is 0.285 e. The Hall–Kier alpha value is -1.43. The molecule has 1 aromatic carbocycles. The van der Waals surface area contributed by atoms with E-state index in [0.29, 0.717) is 5.75 Å². The van der Waals surface area contributed by atoms with Gasteiger partial charge in [-0.1, -0.05) is 0 Å². The van der Waals surface area contributed by atoms with Crippen molar-refractivity contribution in [1.82, 2.24) is 0 Å². The number of nitro groups is 1. The summed E-state index contributed by atoms with van der Waals surface area (Å²) in [6.07, 6.45) is 1.39. The summed E-state index contributed by atoms with van der Waals surface area (Å²) in [6.45, 7) is 0. The second-order valence-corrected chi connectivity index (χ2v) is 3.89. The molecular formula is C8H9NO4S. The van der Waals surface area contributed by atoms with E-state index in [2.05, 4.69) is 0 Å². The third-order valence-electron chi connectivity index (χ3n) is 1.67. The molecule has 0 saturated carbocycles. The summed E-state index contributed by atoms with van der Waals surface area (Å²) in [4.78, 5) is 10.2. The van der Waals surface area contributed by atoms with Crippen molar-refractivity contribution in [2.75, 3.05) is 13.4 Å². The summed E-state index contributed by atoms with van der Waals surface area (Å²) in [5.41, 5.74) is -0.147. The maximum atomic E-state index is 11.2. The molecule has 5 nitrogen and oxygen atoms in total. The van der Waals surface area contributed by atoms with Gasteiger partial charge in [-0.15, -0.1) is 0 Å². The first kappa shape index (κ1) is 10.6. The monoisotopic (exact) mass is 215 g/mol. The Labute approximate surface area is 83.3 Å². The molecule has 1 rings (SSSR count). The highest BCUT2D eigenvalue weighted by atomic mass is 32.2. The number of nitro benzene ring substituents is 1. The predicted molar refractivity (Wildman–Crippen MR) is 52.0 cm³/mol. The lowest BCUT2D eigenvalue weighted by Crippen LogP contribution is -1.97. The van der Waals surface area contributed by atoms with Crippen molar-refractivity contribution in [2.24, 2.45) is 0 Å². The van der Waals surface area contributed by atoms with Gasteiger partial charge in [-0.25, -0.2) is 0 Å². The molecule has 1 unspecified atom stereocenters. The van der Waals surface area contributed by atoms with Crippen LogP contribution in [-0.2, 0) is 10.8 Å². The van der Waals surface area contributed by atoms with Crippen LogP contribution in [0.15, 0.2) is 23.1 Å². The van der Waals surface area contributed by atoms with Crippen LogP contribution in [0.2, 0.25) is 0 Å². The first-order valence-corrected chi connectivity index (χ1v) is 5.28. The fourth-order valence-corrected chi connectivity index (χ4v) is 1.72. The van der Waals surface area contributed by atoms with E-state index in [9.17, 15) is 14.3 Å². The molecule has 0 aliphatic carbocycles. The highest BCUT2D eigenvalue weighted by molar-refractivity contribution is 7.84. The molecule has 0 heterocycles. The maximum absolute atomic E-state index is 11.2. The van der Waals surface area contributed by atoms with Crippen molar-refractivity contribution < 1.29 is 13.9 Å². The smallest absolute Gasteiger partial charge is 0.285 e. The second-order valence-electron chi connectivity index (χ2n) is 2.54. The van der Waals surface area contributed by atoms with E-state index in [1.165, 1.54) is 31.6 Å². The van der Waals surface area contributed by atoms with Crippen molar-refractivity contribution >= 4 is 16.5 Å². The van der Waals surface area contributed by atoms with E-state index in [0.717, 1.165) is 0 Å². The zero-order valence-corrected chi connectivity index (χ0v) is 8.54. The molecule has 0 saturated heterocycles. The molecule has 0 radical (unpaired) electrons. The van der Waals surface area contributed by atoms with Gasteiger partial charge >= 0.3 is 0 Å². The van der Waals surface area contributed by atoms with Crippen LogP contribution in [0.25, 0.3) is 0 Å². The zero-order chi connectivity index (χ0) is 10.7. The van der Waals surface area contributed by atoms with Gasteiger partial charge in [0.25, 0.3) is 5.69 Å². The molecule has 0 fully saturated rings. The fourth-order valence-electron chi connectivity index (χ4n) is 1.00. The Morgan fingerprint density at radius 3 is 2.57 bits per heavy atom. The van der Waals surface area contributed by atoms with Crippen LogP contribution in [0.3, 0.4) is 0 Å². The minimum absolute atomic E-state index is 0.147. The SMILES string of the molecule is COc1ccc([N+](=O)[O-])c(S(C)=O)c1. The van der Waals surface area contributed by atoms with Crippen LogP contribution in [0.1, 0.15) is 0 Å². The third kappa shape index (κ3) is 2.08. The van der Waals surface area contributed by atoms with Gasteiger partial charge in [0.15, 0.2) is 0 Å². The minimum atomic E-state index is -1.39. The van der Waals surface area contributed by atoms with Gasteiger partial charge < -0.3 is 4.74 Å². The lowest BCUT2D eigenvalue weighted by Gasteiger charge is -2.02. The molecule has 0 bridgehead atoms. The van der Waals surface area contributed by atoms with E-state index in [1.807, 2.05) is 0 Å². The van der Waals surface area contributed by atoms with Crippen LogP contribution in [0.4, 0.5) is 5.69 Å². The van der Waals surface area contributed by atoms with Gasteiger partial charge in [-0.05, 0) is 6.07 Å². The minimum Gasteiger partial charge on any atom is -0.497 e. The molecule has 1 atom stereocenters. The van der Waals surface area contributed by atoms with Gasteiger partial charge in [0, 0.05) is 18.4 Å². The molecule has 14 heavy (non-hydrogen) atoms. The highest BCUT2D eigenvalue weighted by Gasteiger charge is 2.16. The molecule has 0 aromatic heterocycles. The van der Waals surface area contributed by atoms with Crippen LogP contribution in [0, 0.1) is 10.1 Å². The molecule has 76 valence electrons. The average molecular weight is 215 g/mol. The van der Waals surface area contributed by atoms with Crippen LogP contribution < -0.4 is 4.74 Å². The van der Waals surface area contributed by atoms with E-state index in [-0.39, 0.29) is 10.6 Å². The van der Waals surface area contributed by atoms with Gasteiger partial charge in [-0.3, -0.25) is 14.3 Å². The molecule has 0 amide bonds. The molecule has 0 aliphatic heterocycles. The summed E-state index contributed by atoms with van der Waals surface area (Å²) in [5.74, 6) is 0.459. The summed E-state index contributed by atoms with van der Waals surface area (Å²) >= 11 is 0. The first-order valence-electron chi connectivity index (χ1n) is 3.72. The van der Waals surface area contributed by atoms with E-state index < -0.39 is 15.7 Å². The Morgan fingerprint density at radius 1 is 1.50 bits per heavy atom. The third-order valence-corrected chi connectivity index (χ3v) is 2.62. The number of nitrogens with zero attached hydrogens (tertiary/aromatic N) is 1. The van der Waals surface area contributed by atoms with Gasteiger partial charge in [0.05, 0.1) is 22.8 Å². The number of rotatable bonds is 3. The standard InChI is InChI=1S/C8H9NO4S/c1-13-6-3-4-7(9(10)11)8(5-6)14(2)12/h3-5H,1-2H3. The number of ether oxygens (including phenoxy) is 1. The summed E-state index contributed by atoms with van der Waals surface area (Å²) in [5, 5.41) is 10.6. The van der Waals surface area contributed by atoms with Gasteiger partial charge in [0.2, 0.25) is 0 Å². The average Bonchev–Trinajstić information content (AvgIpc) is 2.16. The van der Waals surface area contributed by atoms with Crippen molar-refractivity contribution in [2.45, 2.75) is 4.90 Å². The van der Waals surface area contributed by atoms with E-state index >= 15 is 0 Å². The number of methoxy groups -OCH3 is 1. The Bertz CT molecular complexity index is 391. The van der Waals surface area contributed by atoms with E-state index in [4.69, 9.17) is 4.74 Å². The molecule has 0 N–H and O–H groups in total. The second kappa shape index (κ2) is 4.19.